The van der Waals surface area contributed by atoms with Gasteiger partial charge in [-0.05, 0) is 18.4 Å². The highest BCUT2D eigenvalue weighted by atomic mass is 35.5. The fourth-order valence-electron chi connectivity index (χ4n) is 2.86. The quantitative estimate of drug-likeness (QED) is 0.839. The third-order valence-electron chi connectivity index (χ3n) is 4.09. The number of ether oxygens (including phenoxy) is 1. The van der Waals surface area contributed by atoms with Gasteiger partial charge >= 0.3 is 0 Å². The molecule has 3 heterocycles. The number of amides is 1. The van der Waals surface area contributed by atoms with E-state index in [0.717, 1.165) is 25.3 Å². The maximum absolute atomic E-state index is 12.4. The van der Waals surface area contributed by atoms with Crippen LogP contribution in [-0.4, -0.2) is 55.2 Å². The number of anilines is 1. The lowest BCUT2D eigenvalue weighted by atomic mass is 10.2. The smallest absolute Gasteiger partial charge is 0.255 e. The van der Waals surface area contributed by atoms with Crippen LogP contribution in [0.3, 0.4) is 0 Å². The van der Waals surface area contributed by atoms with Crippen LogP contribution in [0, 0.1) is 5.92 Å². The van der Waals surface area contributed by atoms with Gasteiger partial charge in [0.15, 0.2) is 0 Å². The molecule has 1 unspecified atom stereocenters. The van der Waals surface area contributed by atoms with Crippen LogP contribution in [0.1, 0.15) is 23.7 Å². The first-order valence-corrected chi connectivity index (χ1v) is 7.80. The maximum Gasteiger partial charge on any atom is 0.255 e. The molecule has 1 aromatic rings. The van der Waals surface area contributed by atoms with E-state index < -0.39 is 0 Å². The fourth-order valence-corrected chi connectivity index (χ4v) is 3.14. The first-order chi connectivity index (χ1) is 10.1. The molecule has 1 atom stereocenters. The van der Waals surface area contributed by atoms with Gasteiger partial charge in [0.2, 0.25) is 0 Å². The zero-order valence-corrected chi connectivity index (χ0v) is 13.0. The van der Waals surface area contributed by atoms with Crippen molar-refractivity contribution in [1.29, 1.82) is 0 Å². The van der Waals surface area contributed by atoms with E-state index in [0.29, 0.717) is 42.8 Å². The molecule has 0 spiro atoms. The first kappa shape index (κ1) is 14.6. The summed E-state index contributed by atoms with van der Waals surface area (Å²) in [5.74, 6) is 1.44. The summed E-state index contributed by atoms with van der Waals surface area (Å²) in [4.78, 5) is 20.8. The third-order valence-corrected chi connectivity index (χ3v) is 4.37. The van der Waals surface area contributed by atoms with Crippen molar-refractivity contribution in [2.75, 3.05) is 44.3 Å². The molecule has 0 N–H and O–H groups in total. The second-order valence-electron chi connectivity index (χ2n) is 5.77. The number of rotatable bonds is 2. The Balaban J connectivity index is 1.75. The summed E-state index contributed by atoms with van der Waals surface area (Å²) < 4.78 is 5.26. The molecule has 2 aliphatic heterocycles. The summed E-state index contributed by atoms with van der Waals surface area (Å²) in [6, 6.07) is 1.74. The molecule has 2 saturated heterocycles. The molecule has 1 aromatic heterocycles. The number of morpholine rings is 1. The van der Waals surface area contributed by atoms with Gasteiger partial charge in [-0.25, -0.2) is 4.98 Å². The van der Waals surface area contributed by atoms with Gasteiger partial charge in [0.05, 0.1) is 23.8 Å². The minimum Gasteiger partial charge on any atom is -0.378 e. The minimum absolute atomic E-state index is 0.0194. The third kappa shape index (κ3) is 3.14. The van der Waals surface area contributed by atoms with Gasteiger partial charge < -0.3 is 14.5 Å². The summed E-state index contributed by atoms with van der Waals surface area (Å²) in [6.07, 6.45) is 2.80. The Morgan fingerprint density at radius 1 is 1.38 bits per heavy atom. The average Bonchev–Trinajstić information content (AvgIpc) is 2.93. The van der Waals surface area contributed by atoms with E-state index in [1.165, 1.54) is 0 Å². The Morgan fingerprint density at radius 3 is 2.76 bits per heavy atom. The monoisotopic (exact) mass is 309 g/mol. The van der Waals surface area contributed by atoms with Gasteiger partial charge in [-0.1, -0.05) is 18.5 Å². The van der Waals surface area contributed by atoms with Crippen LogP contribution >= 0.6 is 11.6 Å². The van der Waals surface area contributed by atoms with Gasteiger partial charge in [-0.3, -0.25) is 4.79 Å². The predicted octanol–water partition coefficient (Wildman–Crippen LogP) is 2.05. The van der Waals surface area contributed by atoms with E-state index in [9.17, 15) is 4.79 Å². The molecule has 5 nitrogen and oxygen atoms in total. The Labute approximate surface area is 129 Å². The number of aromatic nitrogens is 1. The first-order valence-electron chi connectivity index (χ1n) is 7.42. The van der Waals surface area contributed by atoms with Crippen LogP contribution in [0.15, 0.2) is 12.3 Å². The molecule has 0 radical (unpaired) electrons. The van der Waals surface area contributed by atoms with E-state index in [1.54, 1.807) is 17.2 Å². The number of halogens is 1. The Bertz CT molecular complexity index is 532. The molecule has 0 saturated carbocycles. The number of carbonyl (C=O) groups excluding carboxylic acids is 1. The zero-order chi connectivity index (χ0) is 14.8. The topological polar surface area (TPSA) is 45.7 Å². The molecule has 0 bridgehead atoms. The lowest BCUT2D eigenvalue weighted by Crippen LogP contribution is -2.40. The number of hydrogen-bond acceptors (Lipinski definition) is 4. The molecule has 21 heavy (non-hydrogen) atoms. The van der Waals surface area contributed by atoms with Crippen LogP contribution in [0.25, 0.3) is 0 Å². The molecule has 3 rings (SSSR count). The summed E-state index contributed by atoms with van der Waals surface area (Å²) in [6.45, 7) is 6.62. The molecule has 2 fully saturated rings. The molecule has 0 aromatic carbocycles. The van der Waals surface area contributed by atoms with E-state index in [4.69, 9.17) is 16.3 Å². The second kappa shape index (κ2) is 6.20. The molecule has 1 amide bonds. The Hall–Kier alpha value is -1.33. The standard InChI is InChI=1S/C15H20ClN3O2/c1-11-2-3-19(10-11)14-13(16)8-12(9-17-14)15(20)18-4-6-21-7-5-18/h8-9,11H,2-7,10H2,1H3. The Morgan fingerprint density at radius 2 is 2.14 bits per heavy atom. The molecular formula is C15H20ClN3O2. The summed E-state index contributed by atoms with van der Waals surface area (Å²) >= 11 is 6.34. The van der Waals surface area contributed by atoms with Crippen molar-refractivity contribution in [2.24, 2.45) is 5.92 Å². The van der Waals surface area contributed by atoms with Crippen molar-refractivity contribution in [1.82, 2.24) is 9.88 Å². The van der Waals surface area contributed by atoms with Crippen molar-refractivity contribution < 1.29 is 9.53 Å². The lowest BCUT2D eigenvalue weighted by Gasteiger charge is -2.27. The van der Waals surface area contributed by atoms with Crippen molar-refractivity contribution in [3.8, 4) is 0 Å². The normalized spacial score (nSPS) is 22.7. The molecule has 6 heteroatoms. The summed E-state index contributed by atoms with van der Waals surface area (Å²) in [5.41, 5.74) is 0.554. The number of nitrogens with zero attached hydrogens (tertiary/aromatic N) is 3. The van der Waals surface area contributed by atoms with Crippen molar-refractivity contribution >= 4 is 23.3 Å². The highest BCUT2D eigenvalue weighted by Gasteiger charge is 2.24. The zero-order valence-electron chi connectivity index (χ0n) is 12.2. The second-order valence-corrected chi connectivity index (χ2v) is 6.18. The number of hydrogen-bond donors (Lipinski definition) is 0. The summed E-state index contributed by atoms with van der Waals surface area (Å²) in [5, 5.41) is 0.559. The maximum atomic E-state index is 12.4. The van der Waals surface area contributed by atoms with Crippen molar-refractivity contribution in [2.45, 2.75) is 13.3 Å². The summed E-state index contributed by atoms with van der Waals surface area (Å²) in [7, 11) is 0. The Kier molecular flexibility index (Phi) is 4.31. The van der Waals surface area contributed by atoms with Crippen LogP contribution in [0.4, 0.5) is 5.82 Å². The van der Waals surface area contributed by atoms with Crippen LogP contribution in [0.2, 0.25) is 5.02 Å². The molecule has 114 valence electrons. The van der Waals surface area contributed by atoms with Gasteiger partial charge in [-0.2, -0.15) is 0 Å². The van der Waals surface area contributed by atoms with Crippen LogP contribution < -0.4 is 4.90 Å². The number of pyridine rings is 1. The highest BCUT2D eigenvalue weighted by Crippen LogP contribution is 2.29. The van der Waals surface area contributed by atoms with Crippen molar-refractivity contribution in [3.63, 3.8) is 0 Å². The van der Waals surface area contributed by atoms with Gasteiger partial charge in [0.1, 0.15) is 5.82 Å². The van der Waals surface area contributed by atoms with E-state index in [-0.39, 0.29) is 5.91 Å². The van der Waals surface area contributed by atoms with Gasteiger partial charge in [0, 0.05) is 32.4 Å². The predicted molar refractivity (Wildman–Crippen MR) is 82.0 cm³/mol. The van der Waals surface area contributed by atoms with Gasteiger partial charge in [0.25, 0.3) is 5.91 Å². The van der Waals surface area contributed by atoms with Crippen molar-refractivity contribution in [3.05, 3.63) is 22.8 Å². The van der Waals surface area contributed by atoms with Crippen LogP contribution in [0.5, 0.6) is 0 Å². The SMILES string of the molecule is CC1CCN(c2ncc(C(=O)N3CCOCC3)cc2Cl)C1. The average molecular weight is 310 g/mol. The van der Waals surface area contributed by atoms with E-state index in [1.807, 2.05) is 0 Å². The largest absolute Gasteiger partial charge is 0.378 e. The van der Waals surface area contributed by atoms with Crippen LogP contribution in [-0.2, 0) is 4.74 Å². The number of carbonyl (C=O) groups is 1. The minimum atomic E-state index is -0.0194. The molecule has 2 aliphatic rings. The highest BCUT2D eigenvalue weighted by molar-refractivity contribution is 6.33. The van der Waals surface area contributed by atoms with E-state index in [2.05, 4.69) is 16.8 Å². The molecule has 0 aliphatic carbocycles. The van der Waals surface area contributed by atoms with Gasteiger partial charge in [-0.15, -0.1) is 0 Å². The lowest BCUT2D eigenvalue weighted by molar-refractivity contribution is 0.0302. The van der Waals surface area contributed by atoms with E-state index >= 15 is 0 Å². The molecular weight excluding hydrogens is 290 g/mol. The fraction of sp³-hybridized carbons (Fsp3) is 0.600.